The fourth-order valence-corrected chi connectivity index (χ4v) is 5.35. The van der Waals surface area contributed by atoms with Gasteiger partial charge < -0.3 is 19.5 Å². The maximum atomic E-state index is 13.4. The van der Waals surface area contributed by atoms with Gasteiger partial charge in [-0.15, -0.1) is 0 Å². The van der Waals surface area contributed by atoms with Crippen molar-refractivity contribution < 1.29 is 23.8 Å². The zero-order valence-electron chi connectivity index (χ0n) is 18.4. The van der Waals surface area contributed by atoms with Crippen LogP contribution in [0.5, 0.6) is 11.5 Å². The van der Waals surface area contributed by atoms with Crippen molar-refractivity contribution in [3.05, 3.63) is 46.3 Å². The van der Waals surface area contributed by atoms with Gasteiger partial charge in [-0.25, -0.2) is 4.79 Å². The first-order chi connectivity index (χ1) is 14.8. The highest BCUT2D eigenvalue weighted by molar-refractivity contribution is 6.04. The number of esters is 1. The molecule has 0 spiro atoms. The van der Waals surface area contributed by atoms with Crippen molar-refractivity contribution in [1.29, 1.82) is 0 Å². The number of dihydropyridines is 1. The second-order valence-electron chi connectivity index (χ2n) is 9.85. The molecular weight excluding hydrogens is 394 g/mol. The Morgan fingerprint density at radius 1 is 1.13 bits per heavy atom. The van der Waals surface area contributed by atoms with E-state index in [0.29, 0.717) is 29.1 Å². The minimum atomic E-state index is -0.469. The number of allylic oxidation sites excluding steroid dienone is 3. The Hall–Kier alpha value is -2.76. The standard InChI is InChI=1S/C25H29NO5/c1-14-21(24(28)31-16-6-4-5-7-16)22(15-8-9-19-20(10-15)30-13-29-19)23-17(26-14)11-25(2,3)12-18(23)27/h8-10,16,22,26H,4-7,11-13H2,1-3H3/t22-/m1/s1. The molecule has 1 N–H and O–H groups in total. The molecule has 1 atom stereocenters. The average molecular weight is 424 g/mol. The Kier molecular flexibility index (Phi) is 4.83. The lowest BCUT2D eigenvalue weighted by atomic mass is 9.68. The minimum absolute atomic E-state index is 0.0402. The predicted octanol–water partition coefficient (Wildman–Crippen LogP) is 4.51. The van der Waals surface area contributed by atoms with E-state index in [2.05, 4.69) is 19.2 Å². The molecule has 0 saturated heterocycles. The Morgan fingerprint density at radius 2 is 1.87 bits per heavy atom. The molecule has 0 aromatic heterocycles. The summed E-state index contributed by atoms with van der Waals surface area (Å²) in [5, 5.41) is 3.39. The van der Waals surface area contributed by atoms with Crippen molar-refractivity contribution >= 4 is 11.8 Å². The number of fused-ring (bicyclic) bond motifs is 1. The van der Waals surface area contributed by atoms with Crippen molar-refractivity contribution in [2.24, 2.45) is 5.41 Å². The van der Waals surface area contributed by atoms with Crippen molar-refractivity contribution in [2.75, 3.05) is 6.79 Å². The topological polar surface area (TPSA) is 73.9 Å². The highest BCUT2D eigenvalue weighted by Crippen LogP contribution is 2.48. The van der Waals surface area contributed by atoms with E-state index in [1.54, 1.807) is 0 Å². The fourth-order valence-electron chi connectivity index (χ4n) is 5.35. The van der Waals surface area contributed by atoms with Crippen LogP contribution in [0.1, 0.15) is 70.8 Å². The van der Waals surface area contributed by atoms with Crippen LogP contribution in [0.4, 0.5) is 0 Å². The van der Waals surface area contributed by atoms with E-state index < -0.39 is 5.92 Å². The molecule has 0 radical (unpaired) electrons. The molecular formula is C25H29NO5. The lowest BCUT2D eigenvalue weighted by Gasteiger charge is -2.39. The third kappa shape index (κ3) is 3.62. The van der Waals surface area contributed by atoms with E-state index in [9.17, 15) is 9.59 Å². The Labute approximate surface area is 182 Å². The van der Waals surface area contributed by atoms with E-state index >= 15 is 0 Å². The van der Waals surface area contributed by atoms with E-state index in [1.807, 2.05) is 25.1 Å². The number of Topliss-reactive ketones (excluding diaryl/α,β-unsaturated/α-hetero) is 1. The lowest BCUT2D eigenvalue weighted by Crippen LogP contribution is -2.39. The molecule has 31 heavy (non-hydrogen) atoms. The second-order valence-corrected chi connectivity index (χ2v) is 9.85. The maximum absolute atomic E-state index is 13.4. The molecule has 6 nitrogen and oxygen atoms in total. The summed E-state index contributed by atoms with van der Waals surface area (Å²) in [5.74, 6) is 0.605. The van der Waals surface area contributed by atoms with Gasteiger partial charge in [0.25, 0.3) is 0 Å². The fraction of sp³-hybridized carbons (Fsp3) is 0.520. The van der Waals surface area contributed by atoms with Crippen molar-refractivity contribution in [3.63, 3.8) is 0 Å². The van der Waals surface area contributed by atoms with Crippen LogP contribution in [-0.4, -0.2) is 24.6 Å². The Bertz CT molecular complexity index is 1010. The first kappa shape index (κ1) is 20.2. The highest BCUT2D eigenvalue weighted by Gasteiger charge is 2.43. The van der Waals surface area contributed by atoms with Gasteiger partial charge in [-0.1, -0.05) is 19.9 Å². The summed E-state index contributed by atoms with van der Waals surface area (Å²) in [5.41, 5.74) is 3.61. The molecule has 2 aliphatic heterocycles. The number of ketones is 1. The summed E-state index contributed by atoms with van der Waals surface area (Å²) in [6.07, 6.45) is 5.16. The quantitative estimate of drug-likeness (QED) is 0.722. The monoisotopic (exact) mass is 423 g/mol. The van der Waals surface area contributed by atoms with Crippen molar-refractivity contribution in [2.45, 2.75) is 71.3 Å². The Morgan fingerprint density at radius 3 is 2.65 bits per heavy atom. The normalized spacial score (nSPS) is 24.9. The number of nitrogens with one attached hydrogen (secondary N) is 1. The molecule has 1 fully saturated rings. The lowest BCUT2D eigenvalue weighted by molar-refractivity contribution is -0.144. The van der Waals surface area contributed by atoms with Crippen LogP contribution < -0.4 is 14.8 Å². The van der Waals surface area contributed by atoms with Gasteiger partial charge in [0.2, 0.25) is 6.79 Å². The smallest absolute Gasteiger partial charge is 0.337 e. The summed E-state index contributed by atoms with van der Waals surface area (Å²) < 4.78 is 16.9. The SMILES string of the molecule is CC1=C(C(=O)OC2CCCC2)[C@@H](c2ccc3c(c2)OCO3)C2=C(CC(C)(C)CC2=O)N1. The first-order valence-corrected chi connectivity index (χ1v) is 11.2. The van der Waals surface area contributed by atoms with E-state index in [1.165, 1.54) is 0 Å². The van der Waals surface area contributed by atoms with E-state index in [4.69, 9.17) is 14.2 Å². The molecule has 5 rings (SSSR count). The van der Waals surface area contributed by atoms with Crippen LogP contribution in [0.2, 0.25) is 0 Å². The number of hydrogen-bond acceptors (Lipinski definition) is 6. The minimum Gasteiger partial charge on any atom is -0.459 e. The van der Waals surface area contributed by atoms with Crippen molar-refractivity contribution in [1.82, 2.24) is 5.32 Å². The summed E-state index contributed by atoms with van der Waals surface area (Å²) in [7, 11) is 0. The van der Waals surface area contributed by atoms with Crippen molar-refractivity contribution in [3.8, 4) is 11.5 Å². The van der Waals surface area contributed by atoms with Crippen LogP contribution in [0.25, 0.3) is 0 Å². The van der Waals surface area contributed by atoms with Gasteiger partial charge in [0, 0.05) is 29.3 Å². The molecule has 0 unspecified atom stereocenters. The van der Waals surface area contributed by atoms with E-state index in [-0.39, 0.29) is 30.1 Å². The second kappa shape index (κ2) is 7.43. The third-order valence-electron chi connectivity index (χ3n) is 6.77. The highest BCUT2D eigenvalue weighted by atomic mass is 16.7. The molecule has 2 aliphatic carbocycles. The molecule has 4 aliphatic rings. The van der Waals surface area contributed by atoms with Gasteiger partial charge in [0.15, 0.2) is 17.3 Å². The summed E-state index contributed by atoms with van der Waals surface area (Å²) >= 11 is 0. The zero-order valence-corrected chi connectivity index (χ0v) is 18.4. The van der Waals surface area contributed by atoms with Gasteiger partial charge in [-0.2, -0.15) is 0 Å². The number of carbonyl (C=O) groups excluding carboxylic acids is 2. The van der Waals surface area contributed by atoms with Crippen LogP contribution in [0.15, 0.2) is 40.7 Å². The van der Waals surface area contributed by atoms with Gasteiger partial charge >= 0.3 is 5.97 Å². The molecule has 1 saturated carbocycles. The van der Waals surface area contributed by atoms with E-state index in [0.717, 1.165) is 49.1 Å². The van der Waals surface area contributed by atoms with Crippen LogP contribution in [0.3, 0.4) is 0 Å². The molecule has 2 heterocycles. The molecule has 6 heteroatoms. The molecule has 1 aromatic rings. The summed E-state index contributed by atoms with van der Waals surface area (Å²) in [6, 6.07) is 5.68. The first-order valence-electron chi connectivity index (χ1n) is 11.2. The van der Waals surface area contributed by atoms with Gasteiger partial charge in [0.1, 0.15) is 6.10 Å². The van der Waals surface area contributed by atoms with Gasteiger partial charge in [-0.05, 0) is 62.1 Å². The summed E-state index contributed by atoms with van der Waals surface area (Å²) in [6.45, 7) is 6.29. The number of ether oxygens (including phenoxy) is 3. The predicted molar refractivity (Wildman–Crippen MR) is 115 cm³/mol. The summed E-state index contributed by atoms with van der Waals surface area (Å²) in [4.78, 5) is 26.7. The molecule has 164 valence electrons. The molecule has 0 amide bonds. The van der Waals surface area contributed by atoms with Gasteiger partial charge in [-0.3, -0.25) is 4.79 Å². The zero-order chi connectivity index (χ0) is 21.8. The molecule has 0 bridgehead atoms. The average Bonchev–Trinajstić information content (AvgIpc) is 3.36. The molecule has 1 aromatic carbocycles. The maximum Gasteiger partial charge on any atom is 0.337 e. The van der Waals surface area contributed by atoms with Crippen LogP contribution in [0, 0.1) is 5.41 Å². The Balaban J connectivity index is 1.59. The number of hydrogen-bond donors (Lipinski definition) is 1. The van der Waals surface area contributed by atoms with Crippen LogP contribution >= 0.6 is 0 Å². The van der Waals surface area contributed by atoms with Crippen LogP contribution in [-0.2, 0) is 14.3 Å². The third-order valence-corrected chi connectivity index (χ3v) is 6.77. The number of carbonyl (C=O) groups is 2. The largest absolute Gasteiger partial charge is 0.459 e. The number of rotatable bonds is 3. The van der Waals surface area contributed by atoms with Gasteiger partial charge in [0.05, 0.1) is 5.57 Å². The number of benzene rings is 1.